The van der Waals surface area contributed by atoms with Crippen LogP contribution in [0.4, 0.5) is 0 Å². The molecule has 20 heterocycles. The largest absolute Gasteiger partial charge is 0.310 e. The second kappa shape index (κ2) is 24.6. The van der Waals surface area contributed by atoms with Gasteiger partial charge in [-0.3, -0.25) is 0 Å². The average Bonchev–Trinajstić information content (AvgIpc) is 1.41. The van der Waals surface area contributed by atoms with Crippen LogP contribution >= 0.6 is 13.9 Å². The Morgan fingerprint density at radius 3 is 1.00 bits per heavy atom. The molecule has 663 valence electrons. The number of benzene rings is 16. The van der Waals surface area contributed by atoms with Crippen LogP contribution in [0.15, 0.2) is 271 Å². The zero-order valence-electron chi connectivity index (χ0n) is 84.2. The van der Waals surface area contributed by atoms with Gasteiger partial charge in [-0.15, -0.1) is 0 Å². The molecule has 0 unspecified atom stereocenters. The van der Waals surface area contributed by atoms with E-state index < -0.39 is 6.39 Å². The SMILES string of the molecule is CC1(C)c2cccc3c2B2c4c1cccc4C(C)(C)c1cc(P45(N=[P+]6B7[BH2-]B76)[B]B4[BH2-]5)c4c5ccccc5n-3c4c12.Cc1ccc2c(c1)c1ccc3c4c1n2-c1cccc2c1B4c1c(cccc1C3(C)C)C2(C)C.Cc1ccc2c3ccc4c5c3n(c2c1)-c1cccc2c1B5c1c(cccc1C4(C)C)C2(C)C.Cc1cccc2c1c1ccc3c4c1n2-c1cccc2c1B4c1c(cccc1C3(C)C)C2(C)C. The van der Waals surface area contributed by atoms with E-state index in [4.69, 9.17) is 4.52 Å². The minimum atomic E-state index is -2.11. The van der Waals surface area contributed by atoms with Gasteiger partial charge in [0, 0.05) is 98.4 Å². The first-order valence-electron chi connectivity index (χ1n) is 52.7. The topological polar surface area (TPSA) is 32.1 Å². The summed E-state index contributed by atoms with van der Waals surface area (Å²) in [5.41, 5.74) is 63.4. The van der Waals surface area contributed by atoms with Gasteiger partial charge < -0.3 is 13.7 Å². The summed E-state index contributed by atoms with van der Waals surface area (Å²) in [5.74, 6) is 0. The summed E-state index contributed by atoms with van der Waals surface area (Å²) in [6, 6.07) is 104. The van der Waals surface area contributed by atoms with Crippen LogP contribution < -0.4 is 70.9 Å². The number of aromatic nitrogens is 4. The minimum Gasteiger partial charge on any atom is -0.310 e. The van der Waals surface area contributed by atoms with Crippen LogP contribution in [0, 0.1) is 20.8 Å². The molecule has 0 bridgehead atoms. The molecule has 140 heavy (non-hydrogen) atoms. The van der Waals surface area contributed by atoms with Crippen molar-refractivity contribution in [2.24, 2.45) is 4.52 Å². The standard InChI is InChI=1S/3C31H26BN.C30H27B7N2P2/c1-17-9-6-13-23-25(17)18-15-16-22-28-29(18)33(23)24-14-8-12-21-27(24)32(28)26-19(30(21,2)3)10-7-11-20(26)31(22,4)5;1-17-12-15-24-19(16-17)18-13-14-23-28-29(18)33(24)25-11-7-10-22-27(25)32(28)26-20(30(22,2)3)8-6-9-21(26)31(23,4)5;1-17-12-13-18-19-14-15-23-28-29(19)33(25(18)16-17)24-11-7-10-22-27(24)32(28)26-20(30(22,2)3)8-6-9-21(26)31(23,4)5;1-29(2)17-10-7-11-18-25(17)34-26-19(29)12-8-14-22(26)39-21-13-6-5-9-16(21)24-23(15-20(30(18,3)4)27(34)28(24)39)41(32-35(41)33-41)38-40-36-31-37(36)40/h3*6-16H,1-5H3;5-15H,31-32H2,1-4H3/q;;;-1. The summed E-state index contributed by atoms with van der Waals surface area (Å²) in [7, 11) is 0.458. The summed E-state index contributed by atoms with van der Waals surface area (Å²) < 4.78 is 16.6. The van der Waals surface area contributed by atoms with Gasteiger partial charge in [-0.25, -0.2) is 0 Å². The Morgan fingerprint density at radius 1 is 0.264 bits per heavy atom. The van der Waals surface area contributed by atoms with Gasteiger partial charge in [0.05, 0.1) is 16.6 Å². The molecule has 1 radical (unpaired) electrons. The van der Waals surface area contributed by atoms with E-state index in [1.165, 1.54) is 216 Å². The third-order valence-electron chi connectivity index (χ3n) is 41.1. The second-order valence-corrected chi connectivity index (χ2v) is 59.2. The molecule has 0 aliphatic carbocycles. The number of nitrogens with zero attached hydrogens (tertiary/aromatic N) is 5. The van der Waals surface area contributed by atoms with Gasteiger partial charge in [0.25, 0.3) is 0 Å². The normalized spacial score (nSPS) is 19.6. The number of rotatable bonds is 2. The predicted octanol–water partition coefficient (Wildman–Crippen LogP) is 18.2. The van der Waals surface area contributed by atoms with Crippen LogP contribution in [0.25, 0.3) is 110 Å². The fourth-order valence-electron chi connectivity index (χ4n) is 33.7. The maximum atomic E-state index is 6.09. The van der Waals surface area contributed by atoms with E-state index in [2.05, 4.69) is 424 Å². The van der Waals surface area contributed by atoms with Crippen molar-refractivity contribution in [3.8, 4) is 22.7 Å². The maximum Gasteiger partial charge on any atom is 0.248 e. The van der Waals surface area contributed by atoms with Crippen molar-refractivity contribution in [1.29, 1.82) is 0 Å². The van der Waals surface area contributed by atoms with E-state index in [0.717, 1.165) is 18.6 Å². The molecule has 4 aromatic heterocycles. The molecule has 0 saturated carbocycles. The van der Waals surface area contributed by atoms with E-state index in [-0.39, 0.29) is 57.7 Å². The molecule has 0 amide bonds. The molecule has 0 spiro atoms. The summed E-state index contributed by atoms with van der Waals surface area (Å²) in [6.07, 6.45) is 1.07. The van der Waals surface area contributed by atoms with Gasteiger partial charge in [0.15, 0.2) is 0 Å². The Labute approximate surface area is 825 Å². The molecule has 16 aliphatic heterocycles. The van der Waals surface area contributed by atoms with Crippen LogP contribution in [-0.2, 0) is 43.3 Å². The van der Waals surface area contributed by atoms with E-state index in [1.807, 2.05) is 0 Å². The van der Waals surface area contributed by atoms with Gasteiger partial charge in [0.1, 0.15) is 0 Å². The Bertz CT molecular complexity index is 9470. The predicted molar refractivity (Wildman–Crippen MR) is 615 cm³/mol. The molecule has 36 rings (SSSR count). The number of aryl methyl sites for hydroxylation is 3. The zero-order valence-corrected chi connectivity index (χ0v) is 85.9. The smallest absolute Gasteiger partial charge is 0.248 e. The van der Waals surface area contributed by atoms with Crippen molar-refractivity contribution in [3.63, 3.8) is 0 Å². The molecule has 5 nitrogen and oxygen atoms in total. The van der Waals surface area contributed by atoms with Gasteiger partial charge in [0.2, 0.25) is 20.1 Å². The fraction of sp³-hybridized carbons (Fsp3) is 0.220. The molecular formula is C123H105B10N5P2-. The number of para-hydroxylation sites is 1. The third-order valence-corrected chi connectivity index (χ3v) is 52.4. The summed E-state index contributed by atoms with van der Waals surface area (Å²) in [6.45, 7) is 49.9. The van der Waals surface area contributed by atoms with E-state index >= 15 is 0 Å². The molecule has 4 saturated heterocycles. The minimum absolute atomic E-state index is 0.0196. The van der Waals surface area contributed by atoms with E-state index in [9.17, 15) is 0 Å². The zero-order chi connectivity index (χ0) is 94.3. The molecule has 4 fully saturated rings. The Kier molecular flexibility index (Phi) is 14.2. The van der Waals surface area contributed by atoms with Crippen molar-refractivity contribution >= 4 is 238 Å². The van der Waals surface area contributed by atoms with Crippen molar-refractivity contribution in [2.45, 2.75) is 175 Å². The monoisotopic (exact) mass is 1820 g/mol. The maximum absolute atomic E-state index is 6.09. The fourth-order valence-corrected chi connectivity index (χ4v) is 46.5. The summed E-state index contributed by atoms with van der Waals surface area (Å²) in [4.78, 5) is 0. The quantitative estimate of drug-likeness (QED) is 0.122. The summed E-state index contributed by atoms with van der Waals surface area (Å²) >= 11 is 0. The number of fused-ring (bicyclic) bond motifs is 18. The van der Waals surface area contributed by atoms with E-state index in [1.54, 1.807) is 71.0 Å². The first-order chi connectivity index (χ1) is 67.2. The number of hydrogen-bond donors (Lipinski definition) is 0. The van der Waals surface area contributed by atoms with Crippen LogP contribution in [0.2, 0.25) is 0 Å². The van der Waals surface area contributed by atoms with Gasteiger partial charge in [-0.2, -0.15) is 0 Å². The van der Waals surface area contributed by atoms with Crippen LogP contribution in [0.3, 0.4) is 0 Å². The molecule has 16 aliphatic rings. The second-order valence-electron chi connectivity index (χ2n) is 50.6. The molecule has 20 aromatic rings. The van der Waals surface area contributed by atoms with E-state index in [0.29, 0.717) is 33.9 Å². The van der Waals surface area contributed by atoms with Crippen molar-refractivity contribution < 1.29 is 0 Å². The van der Waals surface area contributed by atoms with Crippen molar-refractivity contribution in [3.05, 3.63) is 373 Å². The Morgan fingerprint density at radius 2 is 0.579 bits per heavy atom. The molecular weight excluding hydrogens is 1720 g/mol. The van der Waals surface area contributed by atoms with Crippen molar-refractivity contribution in [2.75, 3.05) is 0 Å². The molecule has 0 atom stereocenters. The van der Waals surface area contributed by atoms with Gasteiger partial charge in [-0.05, 0) is 174 Å². The van der Waals surface area contributed by atoms with Crippen LogP contribution in [0.5, 0.6) is 0 Å². The molecule has 17 heteroatoms. The Hall–Kier alpha value is -12.1. The molecule has 0 N–H and O–H groups in total. The first kappa shape index (κ1) is 80.6. The average molecular weight is 1820 g/mol. The summed E-state index contributed by atoms with van der Waals surface area (Å²) in [5, 5.41) is 13.1. The van der Waals surface area contributed by atoms with Gasteiger partial charge >= 0.3 is 246 Å². The van der Waals surface area contributed by atoms with Crippen molar-refractivity contribution in [1.82, 2.24) is 18.3 Å². The first-order valence-corrected chi connectivity index (χ1v) is 56.9. The Balaban J connectivity index is 0.0000000833. The van der Waals surface area contributed by atoms with Gasteiger partial charge in [-0.1, -0.05) is 263 Å². The van der Waals surface area contributed by atoms with Crippen LogP contribution in [0.1, 0.15) is 216 Å². The third kappa shape index (κ3) is 8.82. The van der Waals surface area contributed by atoms with Crippen LogP contribution in [-0.4, -0.2) is 84.6 Å². The number of hydrogen-bond acceptors (Lipinski definition) is 1. The molecule has 16 aromatic carbocycles.